The van der Waals surface area contributed by atoms with Crippen LogP contribution in [-0.2, 0) is 9.47 Å². The second kappa shape index (κ2) is 8.01. The van der Waals surface area contributed by atoms with Crippen LogP contribution < -0.4 is 5.32 Å². The van der Waals surface area contributed by atoms with Crippen molar-refractivity contribution in [1.29, 1.82) is 0 Å². The van der Waals surface area contributed by atoms with Crippen LogP contribution in [0.4, 0.5) is 0 Å². The summed E-state index contributed by atoms with van der Waals surface area (Å²) >= 11 is 0. The lowest BCUT2D eigenvalue weighted by Gasteiger charge is -2.36. The molecule has 0 aromatic rings. The quantitative estimate of drug-likeness (QED) is 0.694. The molecule has 1 saturated heterocycles. The van der Waals surface area contributed by atoms with Crippen molar-refractivity contribution in [2.24, 2.45) is 5.92 Å². The average molecular weight is 230 g/mol. The Morgan fingerprint density at radius 1 is 1.12 bits per heavy atom. The van der Waals surface area contributed by atoms with Gasteiger partial charge >= 0.3 is 0 Å². The molecule has 0 amide bonds. The van der Waals surface area contributed by atoms with E-state index in [-0.39, 0.29) is 0 Å². The Balaban J connectivity index is 2.38. The Bertz CT molecular complexity index is 170. The molecule has 0 aromatic heterocycles. The Kier molecular flexibility index (Phi) is 6.96. The highest BCUT2D eigenvalue weighted by Gasteiger charge is 2.23. The minimum Gasteiger partial charge on any atom is -0.383 e. The van der Waals surface area contributed by atoms with Crippen LogP contribution >= 0.6 is 0 Å². The molecule has 0 radical (unpaired) electrons. The summed E-state index contributed by atoms with van der Waals surface area (Å²) in [6.07, 6.45) is 1.28. The van der Waals surface area contributed by atoms with Crippen LogP contribution in [0.5, 0.6) is 0 Å². The molecule has 1 heterocycles. The van der Waals surface area contributed by atoms with Gasteiger partial charge in [0, 0.05) is 39.9 Å². The predicted octanol–water partition coefficient (Wildman–Crippen LogP) is 0.579. The van der Waals surface area contributed by atoms with Gasteiger partial charge in [-0.15, -0.1) is 0 Å². The summed E-state index contributed by atoms with van der Waals surface area (Å²) in [4.78, 5) is 2.48. The zero-order chi connectivity index (χ0) is 11.8. The second-order valence-corrected chi connectivity index (χ2v) is 4.67. The van der Waals surface area contributed by atoms with Crippen molar-refractivity contribution in [1.82, 2.24) is 10.2 Å². The van der Waals surface area contributed by atoms with Crippen molar-refractivity contribution in [2.45, 2.75) is 19.4 Å². The summed E-state index contributed by atoms with van der Waals surface area (Å²) < 4.78 is 10.3. The zero-order valence-corrected chi connectivity index (χ0v) is 10.9. The topological polar surface area (TPSA) is 33.7 Å². The van der Waals surface area contributed by atoms with Gasteiger partial charge < -0.3 is 14.8 Å². The number of nitrogens with one attached hydrogen (secondary N) is 1. The molecule has 16 heavy (non-hydrogen) atoms. The van der Waals surface area contributed by atoms with Crippen molar-refractivity contribution < 1.29 is 9.47 Å². The molecule has 0 spiro atoms. The van der Waals surface area contributed by atoms with Crippen molar-refractivity contribution in [3.63, 3.8) is 0 Å². The van der Waals surface area contributed by atoms with E-state index in [1.165, 1.54) is 6.42 Å². The highest BCUT2D eigenvalue weighted by Crippen LogP contribution is 2.15. The molecular weight excluding hydrogens is 204 g/mol. The smallest absolute Gasteiger partial charge is 0.0589 e. The van der Waals surface area contributed by atoms with Gasteiger partial charge in [-0.1, -0.05) is 6.92 Å². The summed E-state index contributed by atoms with van der Waals surface area (Å²) in [6.45, 7) is 8.15. The molecule has 1 fully saturated rings. The second-order valence-electron chi connectivity index (χ2n) is 4.67. The average Bonchev–Trinajstić information content (AvgIpc) is 2.29. The fourth-order valence-corrected chi connectivity index (χ4v) is 2.30. The lowest BCUT2D eigenvalue weighted by Crippen LogP contribution is -2.50. The van der Waals surface area contributed by atoms with Crippen molar-refractivity contribution in [3.8, 4) is 0 Å². The van der Waals surface area contributed by atoms with E-state index in [2.05, 4.69) is 17.1 Å². The van der Waals surface area contributed by atoms with E-state index in [9.17, 15) is 0 Å². The van der Waals surface area contributed by atoms with Gasteiger partial charge in [-0.2, -0.15) is 0 Å². The van der Waals surface area contributed by atoms with Gasteiger partial charge in [0.1, 0.15) is 0 Å². The van der Waals surface area contributed by atoms with Gasteiger partial charge in [-0.05, 0) is 18.9 Å². The van der Waals surface area contributed by atoms with E-state index in [0.717, 1.165) is 45.3 Å². The number of ether oxygens (including phenoxy) is 2. The normalized spacial score (nSPS) is 26.2. The molecule has 1 rings (SSSR count). The maximum atomic E-state index is 5.17. The van der Waals surface area contributed by atoms with Crippen molar-refractivity contribution >= 4 is 0 Å². The van der Waals surface area contributed by atoms with E-state index in [4.69, 9.17) is 9.47 Å². The molecular formula is C12H26N2O2. The predicted molar refractivity (Wildman–Crippen MR) is 65.8 cm³/mol. The highest BCUT2D eigenvalue weighted by atomic mass is 16.5. The molecule has 2 unspecified atom stereocenters. The number of piperidine rings is 1. The van der Waals surface area contributed by atoms with E-state index >= 15 is 0 Å². The third-order valence-electron chi connectivity index (χ3n) is 3.23. The van der Waals surface area contributed by atoms with Crippen LogP contribution in [0.15, 0.2) is 0 Å². The summed E-state index contributed by atoms with van der Waals surface area (Å²) in [5.74, 6) is 0.770. The summed E-state index contributed by atoms with van der Waals surface area (Å²) in [7, 11) is 3.52. The Morgan fingerprint density at radius 2 is 1.75 bits per heavy atom. The number of rotatable bonds is 7. The molecule has 1 aliphatic rings. The minimum atomic E-state index is 0.633. The number of hydrogen-bond donors (Lipinski definition) is 1. The molecule has 1 N–H and O–H groups in total. The molecule has 4 nitrogen and oxygen atoms in total. The minimum absolute atomic E-state index is 0.633. The van der Waals surface area contributed by atoms with Crippen LogP contribution in [0.3, 0.4) is 0 Å². The fourth-order valence-electron chi connectivity index (χ4n) is 2.30. The Morgan fingerprint density at radius 3 is 2.25 bits per heavy atom. The molecule has 0 aliphatic carbocycles. The number of hydrogen-bond acceptors (Lipinski definition) is 4. The van der Waals surface area contributed by atoms with Gasteiger partial charge in [0.2, 0.25) is 0 Å². The van der Waals surface area contributed by atoms with Gasteiger partial charge in [-0.25, -0.2) is 0 Å². The van der Waals surface area contributed by atoms with Crippen LogP contribution in [-0.4, -0.2) is 64.6 Å². The first-order chi connectivity index (χ1) is 7.77. The monoisotopic (exact) mass is 230 g/mol. The lowest BCUT2D eigenvalue weighted by atomic mass is 9.96. The zero-order valence-electron chi connectivity index (χ0n) is 10.9. The fraction of sp³-hybridized carbons (Fsp3) is 1.00. The Labute approximate surface area is 99.3 Å². The summed E-state index contributed by atoms with van der Waals surface area (Å²) in [5, 5.41) is 3.49. The van der Waals surface area contributed by atoms with Crippen LogP contribution in [0, 0.1) is 5.92 Å². The third-order valence-corrected chi connectivity index (χ3v) is 3.23. The maximum absolute atomic E-state index is 5.17. The Hall–Kier alpha value is -0.160. The first-order valence-corrected chi connectivity index (χ1v) is 6.20. The van der Waals surface area contributed by atoms with Crippen LogP contribution in [0.2, 0.25) is 0 Å². The largest absolute Gasteiger partial charge is 0.383 e. The SMILES string of the molecule is COCCN(CCOC)C1CNCC(C)C1. The molecule has 0 bridgehead atoms. The van der Waals surface area contributed by atoms with E-state index in [0.29, 0.717) is 6.04 Å². The molecule has 1 aliphatic heterocycles. The first-order valence-electron chi connectivity index (χ1n) is 6.20. The van der Waals surface area contributed by atoms with E-state index in [1.807, 2.05) is 0 Å². The van der Waals surface area contributed by atoms with Gasteiger partial charge in [0.15, 0.2) is 0 Å². The molecule has 96 valence electrons. The summed E-state index contributed by atoms with van der Waals surface area (Å²) in [5.41, 5.74) is 0. The third kappa shape index (κ3) is 4.78. The molecule has 4 heteroatoms. The number of nitrogens with zero attached hydrogens (tertiary/aromatic N) is 1. The van der Waals surface area contributed by atoms with Gasteiger partial charge in [-0.3, -0.25) is 4.90 Å². The van der Waals surface area contributed by atoms with E-state index in [1.54, 1.807) is 14.2 Å². The van der Waals surface area contributed by atoms with Crippen LogP contribution in [0.25, 0.3) is 0 Å². The molecule has 2 atom stereocenters. The first kappa shape index (κ1) is 13.9. The van der Waals surface area contributed by atoms with Crippen molar-refractivity contribution in [3.05, 3.63) is 0 Å². The maximum Gasteiger partial charge on any atom is 0.0589 e. The van der Waals surface area contributed by atoms with Gasteiger partial charge in [0.05, 0.1) is 13.2 Å². The highest BCUT2D eigenvalue weighted by molar-refractivity contribution is 4.81. The van der Waals surface area contributed by atoms with Crippen LogP contribution in [0.1, 0.15) is 13.3 Å². The molecule has 0 saturated carbocycles. The standard InChI is InChI=1S/C12H26N2O2/c1-11-8-12(10-13-9-11)14(4-6-15-2)5-7-16-3/h11-13H,4-10H2,1-3H3. The van der Waals surface area contributed by atoms with E-state index < -0.39 is 0 Å². The molecule has 0 aromatic carbocycles. The number of methoxy groups -OCH3 is 2. The lowest BCUT2D eigenvalue weighted by molar-refractivity contribution is 0.0711. The summed E-state index contributed by atoms with van der Waals surface area (Å²) in [6, 6.07) is 0.633. The van der Waals surface area contributed by atoms with Crippen molar-refractivity contribution in [2.75, 3.05) is 53.6 Å². The van der Waals surface area contributed by atoms with Gasteiger partial charge in [0.25, 0.3) is 0 Å².